The lowest BCUT2D eigenvalue weighted by Gasteiger charge is -2.24. The number of benzene rings is 2. The van der Waals surface area contributed by atoms with E-state index in [4.69, 9.17) is 0 Å². The Morgan fingerprint density at radius 3 is 2.08 bits per heavy atom. The van der Waals surface area contributed by atoms with Crippen LogP contribution in [0.2, 0.25) is 0 Å². The zero-order valence-electron chi connectivity index (χ0n) is 14.8. The van der Waals surface area contributed by atoms with Crippen LogP contribution in [-0.4, -0.2) is 0 Å². The summed E-state index contributed by atoms with van der Waals surface area (Å²) in [6, 6.07) is 21.6. The Kier molecular flexibility index (Phi) is 5.48. The van der Waals surface area contributed by atoms with Crippen LogP contribution in [0.3, 0.4) is 0 Å². The summed E-state index contributed by atoms with van der Waals surface area (Å²) < 4.78 is 0. The fraction of sp³-hybridized carbons (Fsp3) is 0.250. The molecule has 0 spiro atoms. The highest BCUT2D eigenvalue weighted by atomic mass is 14.2. The lowest BCUT2D eigenvalue weighted by atomic mass is 9.81. The summed E-state index contributed by atoms with van der Waals surface area (Å²) in [4.78, 5) is 0. The summed E-state index contributed by atoms with van der Waals surface area (Å²) in [5.74, 6) is 0. The predicted molar refractivity (Wildman–Crippen MR) is 106 cm³/mol. The van der Waals surface area contributed by atoms with Gasteiger partial charge in [0.2, 0.25) is 0 Å². The third-order valence-electron chi connectivity index (χ3n) is 4.73. The average Bonchev–Trinajstić information content (AvgIpc) is 2.62. The van der Waals surface area contributed by atoms with Gasteiger partial charge in [0.25, 0.3) is 0 Å². The van der Waals surface area contributed by atoms with Crippen LogP contribution < -0.4 is 0 Å². The van der Waals surface area contributed by atoms with E-state index in [1.807, 2.05) is 0 Å². The molecule has 0 amide bonds. The molecule has 0 saturated heterocycles. The van der Waals surface area contributed by atoms with Crippen LogP contribution in [0.4, 0.5) is 0 Å². The largest absolute Gasteiger partial charge is 0.0810 e. The molecule has 122 valence electrons. The van der Waals surface area contributed by atoms with Crippen LogP contribution in [-0.2, 0) is 0 Å². The Hall–Kier alpha value is -2.34. The van der Waals surface area contributed by atoms with Crippen molar-refractivity contribution in [3.05, 3.63) is 95.1 Å². The SMILES string of the molecule is CCC=C(CC)C(=CC1=C(c2ccccc2)CC1)c1ccccc1. The Bertz CT molecular complexity index is 758. The molecule has 1 aliphatic rings. The maximum absolute atomic E-state index is 2.44. The topological polar surface area (TPSA) is 0 Å². The van der Waals surface area contributed by atoms with E-state index < -0.39 is 0 Å². The molecule has 0 radical (unpaired) electrons. The van der Waals surface area contributed by atoms with Gasteiger partial charge in [-0.05, 0) is 59.1 Å². The van der Waals surface area contributed by atoms with Gasteiger partial charge in [-0.3, -0.25) is 0 Å². The van der Waals surface area contributed by atoms with Crippen LogP contribution in [0.15, 0.2) is 84.0 Å². The monoisotopic (exact) mass is 314 g/mol. The van der Waals surface area contributed by atoms with Crippen LogP contribution in [0.1, 0.15) is 50.7 Å². The fourth-order valence-corrected chi connectivity index (χ4v) is 3.37. The highest BCUT2D eigenvalue weighted by Crippen LogP contribution is 2.39. The lowest BCUT2D eigenvalue weighted by Crippen LogP contribution is -2.03. The van der Waals surface area contributed by atoms with Gasteiger partial charge in [0.1, 0.15) is 0 Å². The molecule has 0 atom stereocenters. The average molecular weight is 314 g/mol. The van der Waals surface area contributed by atoms with E-state index in [0.29, 0.717) is 0 Å². The first-order chi connectivity index (χ1) is 11.8. The molecule has 0 nitrogen and oxygen atoms in total. The molecule has 2 aromatic carbocycles. The second-order valence-corrected chi connectivity index (χ2v) is 6.29. The van der Waals surface area contributed by atoms with Gasteiger partial charge < -0.3 is 0 Å². The Morgan fingerprint density at radius 1 is 0.875 bits per heavy atom. The van der Waals surface area contributed by atoms with Crippen molar-refractivity contribution in [1.82, 2.24) is 0 Å². The van der Waals surface area contributed by atoms with Gasteiger partial charge >= 0.3 is 0 Å². The summed E-state index contributed by atoms with van der Waals surface area (Å²) in [5.41, 5.74) is 8.55. The number of allylic oxidation sites excluding steroid dienone is 6. The summed E-state index contributed by atoms with van der Waals surface area (Å²) in [7, 11) is 0. The van der Waals surface area contributed by atoms with E-state index >= 15 is 0 Å². The van der Waals surface area contributed by atoms with Gasteiger partial charge in [-0.2, -0.15) is 0 Å². The van der Waals surface area contributed by atoms with Crippen molar-refractivity contribution in [3.8, 4) is 0 Å². The highest BCUT2D eigenvalue weighted by molar-refractivity contribution is 5.85. The maximum atomic E-state index is 2.44. The lowest BCUT2D eigenvalue weighted by molar-refractivity contribution is 0.933. The van der Waals surface area contributed by atoms with E-state index in [2.05, 4.69) is 86.7 Å². The standard InChI is InChI=1S/C24H26/c1-3-11-19(4-2)24(21-14-9-6-10-15-21)18-22-16-17-23(22)20-12-7-5-8-13-20/h5-15,18H,3-4,16-17H2,1-2H3. The van der Waals surface area contributed by atoms with Crippen molar-refractivity contribution in [1.29, 1.82) is 0 Å². The van der Waals surface area contributed by atoms with E-state index in [0.717, 1.165) is 12.8 Å². The van der Waals surface area contributed by atoms with Crippen molar-refractivity contribution in [3.63, 3.8) is 0 Å². The molecule has 0 N–H and O–H groups in total. The van der Waals surface area contributed by atoms with Gasteiger partial charge in [-0.25, -0.2) is 0 Å². The minimum atomic E-state index is 1.07. The first-order valence-corrected chi connectivity index (χ1v) is 9.07. The Labute approximate surface area is 146 Å². The molecule has 0 saturated carbocycles. The normalized spacial score (nSPS) is 15.4. The Balaban J connectivity index is 2.06. The first kappa shape index (κ1) is 16.5. The van der Waals surface area contributed by atoms with Crippen molar-refractivity contribution >= 4 is 11.1 Å². The minimum Gasteiger partial charge on any atom is -0.0810 e. The number of rotatable bonds is 6. The molecule has 3 rings (SSSR count). The van der Waals surface area contributed by atoms with E-state index in [1.54, 1.807) is 0 Å². The van der Waals surface area contributed by atoms with Crippen molar-refractivity contribution in [2.45, 2.75) is 39.5 Å². The van der Waals surface area contributed by atoms with Crippen LogP contribution >= 0.6 is 0 Å². The van der Waals surface area contributed by atoms with Crippen LogP contribution in [0, 0.1) is 0 Å². The molecular formula is C24H26. The van der Waals surface area contributed by atoms with E-state index in [1.165, 1.54) is 46.3 Å². The third kappa shape index (κ3) is 3.59. The quantitative estimate of drug-likeness (QED) is 0.500. The molecule has 2 aromatic rings. The molecular weight excluding hydrogens is 288 g/mol. The van der Waals surface area contributed by atoms with Gasteiger partial charge in [-0.15, -0.1) is 0 Å². The van der Waals surface area contributed by atoms with Crippen LogP contribution in [0.5, 0.6) is 0 Å². The van der Waals surface area contributed by atoms with Gasteiger partial charge in [0.15, 0.2) is 0 Å². The number of hydrogen-bond donors (Lipinski definition) is 0. The summed E-state index contributed by atoms with van der Waals surface area (Å²) >= 11 is 0. The molecule has 0 aromatic heterocycles. The zero-order chi connectivity index (χ0) is 16.8. The molecule has 0 heterocycles. The summed E-state index contributed by atoms with van der Waals surface area (Å²) in [6.07, 6.45) is 9.34. The molecule has 0 bridgehead atoms. The fourth-order valence-electron chi connectivity index (χ4n) is 3.37. The second-order valence-electron chi connectivity index (χ2n) is 6.29. The first-order valence-electron chi connectivity index (χ1n) is 9.07. The molecule has 0 fully saturated rings. The van der Waals surface area contributed by atoms with E-state index in [-0.39, 0.29) is 0 Å². The number of hydrogen-bond acceptors (Lipinski definition) is 0. The van der Waals surface area contributed by atoms with Crippen molar-refractivity contribution < 1.29 is 0 Å². The molecule has 0 unspecified atom stereocenters. The van der Waals surface area contributed by atoms with Crippen molar-refractivity contribution in [2.75, 3.05) is 0 Å². The second kappa shape index (κ2) is 7.97. The maximum Gasteiger partial charge on any atom is -0.0152 e. The summed E-state index contributed by atoms with van der Waals surface area (Å²) in [5, 5.41) is 0. The minimum absolute atomic E-state index is 1.07. The molecule has 24 heavy (non-hydrogen) atoms. The molecule has 1 aliphatic carbocycles. The molecule has 0 aliphatic heterocycles. The highest BCUT2D eigenvalue weighted by Gasteiger charge is 2.18. The van der Waals surface area contributed by atoms with Crippen molar-refractivity contribution in [2.24, 2.45) is 0 Å². The third-order valence-corrected chi connectivity index (χ3v) is 4.73. The Morgan fingerprint density at radius 2 is 1.54 bits per heavy atom. The summed E-state index contributed by atoms with van der Waals surface area (Å²) in [6.45, 7) is 4.47. The van der Waals surface area contributed by atoms with Gasteiger partial charge in [0.05, 0.1) is 0 Å². The van der Waals surface area contributed by atoms with E-state index in [9.17, 15) is 0 Å². The van der Waals surface area contributed by atoms with Gasteiger partial charge in [0, 0.05) is 0 Å². The zero-order valence-corrected chi connectivity index (χ0v) is 14.8. The van der Waals surface area contributed by atoms with Crippen LogP contribution in [0.25, 0.3) is 11.1 Å². The smallest absolute Gasteiger partial charge is 0.0152 e. The molecule has 0 heteroatoms. The predicted octanol–water partition coefficient (Wildman–Crippen LogP) is 7.06. The van der Waals surface area contributed by atoms with Gasteiger partial charge in [-0.1, -0.05) is 86.7 Å².